The molecule has 4 rings (SSSR count). The number of hydrogen-bond acceptors (Lipinski definition) is 4. The quantitative estimate of drug-likeness (QED) is 0.380. The van der Waals surface area contributed by atoms with Crippen molar-refractivity contribution < 1.29 is 18.7 Å². The lowest BCUT2D eigenvalue weighted by molar-refractivity contribution is 0.0946. The van der Waals surface area contributed by atoms with Crippen molar-refractivity contribution in [1.29, 1.82) is 0 Å². The summed E-state index contributed by atoms with van der Waals surface area (Å²) in [4.78, 5) is 25.0. The minimum atomic E-state index is -0.265. The van der Waals surface area contributed by atoms with Gasteiger partial charge in [-0.3, -0.25) is 9.59 Å². The molecule has 3 aromatic carbocycles. The number of carbonyl (C=O) groups is 2. The summed E-state index contributed by atoms with van der Waals surface area (Å²) in [6.45, 7) is 0.854. The van der Waals surface area contributed by atoms with Crippen LogP contribution in [0.25, 0.3) is 0 Å². The van der Waals surface area contributed by atoms with E-state index in [2.05, 4.69) is 22.8 Å². The molecule has 0 fully saturated rings. The van der Waals surface area contributed by atoms with Crippen LogP contribution in [0.2, 0.25) is 0 Å². The number of rotatable bonds is 9. The fourth-order valence-electron chi connectivity index (χ4n) is 3.26. The van der Waals surface area contributed by atoms with Crippen LogP contribution in [0.3, 0.4) is 0 Å². The van der Waals surface area contributed by atoms with Crippen LogP contribution in [0.1, 0.15) is 32.0 Å². The van der Waals surface area contributed by atoms with Gasteiger partial charge in [0.05, 0.1) is 19.4 Å². The smallest absolute Gasteiger partial charge is 0.255 e. The standard InChI is InChI=1S/C27H24N2O4/c30-26(28-19-25-10-5-16-32-25)22-8-4-9-23(18-22)29-27(31)21-11-13-24(14-12-21)33-17-15-20-6-2-1-3-7-20/h1-14,16,18H,15,17,19H2,(H,28,30)(H,29,31). The molecule has 2 amide bonds. The molecule has 0 spiro atoms. The van der Waals surface area contributed by atoms with Crippen LogP contribution in [-0.2, 0) is 13.0 Å². The minimum absolute atomic E-state index is 0.250. The Labute approximate surface area is 192 Å². The first-order valence-electron chi connectivity index (χ1n) is 10.7. The van der Waals surface area contributed by atoms with E-state index in [1.807, 2.05) is 18.2 Å². The number of hydrogen-bond donors (Lipinski definition) is 2. The number of anilines is 1. The zero-order valence-electron chi connectivity index (χ0n) is 18.0. The Hall–Kier alpha value is -4.32. The monoisotopic (exact) mass is 440 g/mol. The Morgan fingerprint density at radius 1 is 0.788 bits per heavy atom. The van der Waals surface area contributed by atoms with Gasteiger partial charge < -0.3 is 19.8 Å². The summed E-state index contributed by atoms with van der Waals surface area (Å²) in [5.74, 6) is 0.858. The molecule has 0 bridgehead atoms. The van der Waals surface area contributed by atoms with Gasteiger partial charge in [0.25, 0.3) is 11.8 Å². The molecule has 1 aromatic heterocycles. The maximum Gasteiger partial charge on any atom is 0.255 e. The second-order valence-electron chi connectivity index (χ2n) is 7.41. The van der Waals surface area contributed by atoms with Crippen LogP contribution in [0, 0.1) is 0 Å². The first kappa shape index (κ1) is 21.9. The maximum absolute atomic E-state index is 12.6. The Morgan fingerprint density at radius 3 is 2.36 bits per heavy atom. The fraction of sp³-hybridized carbons (Fsp3) is 0.111. The molecular formula is C27H24N2O4. The number of furan rings is 1. The van der Waals surface area contributed by atoms with Gasteiger partial charge in [0.2, 0.25) is 0 Å². The average Bonchev–Trinajstić information content (AvgIpc) is 3.37. The largest absolute Gasteiger partial charge is 0.493 e. The molecule has 6 heteroatoms. The molecule has 0 aliphatic heterocycles. The molecule has 0 saturated heterocycles. The molecule has 0 atom stereocenters. The van der Waals surface area contributed by atoms with E-state index in [0.29, 0.717) is 41.5 Å². The van der Waals surface area contributed by atoms with Gasteiger partial charge >= 0.3 is 0 Å². The Balaban J connectivity index is 1.29. The molecule has 0 unspecified atom stereocenters. The molecule has 2 N–H and O–H groups in total. The lowest BCUT2D eigenvalue weighted by Gasteiger charge is -2.09. The highest BCUT2D eigenvalue weighted by atomic mass is 16.5. The van der Waals surface area contributed by atoms with E-state index < -0.39 is 0 Å². The van der Waals surface area contributed by atoms with E-state index in [1.165, 1.54) is 5.56 Å². The lowest BCUT2D eigenvalue weighted by Crippen LogP contribution is -2.22. The summed E-state index contributed by atoms with van der Waals surface area (Å²) < 4.78 is 11.0. The first-order chi connectivity index (χ1) is 16.2. The number of benzene rings is 3. The van der Waals surface area contributed by atoms with Gasteiger partial charge in [0.15, 0.2) is 0 Å². The number of carbonyl (C=O) groups excluding carboxylic acids is 2. The molecule has 6 nitrogen and oxygen atoms in total. The van der Waals surface area contributed by atoms with Gasteiger partial charge in [-0.2, -0.15) is 0 Å². The van der Waals surface area contributed by atoms with Crippen LogP contribution in [0.15, 0.2) is 102 Å². The van der Waals surface area contributed by atoms with Crippen molar-refractivity contribution in [3.63, 3.8) is 0 Å². The molecule has 0 radical (unpaired) electrons. The summed E-state index contributed by atoms with van der Waals surface area (Å²) >= 11 is 0. The second-order valence-corrected chi connectivity index (χ2v) is 7.41. The number of amides is 2. The fourth-order valence-corrected chi connectivity index (χ4v) is 3.26. The van der Waals surface area contributed by atoms with E-state index in [4.69, 9.17) is 9.15 Å². The van der Waals surface area contributed by atoms with E-state index in [1.54, 1.807) is 66.9 Å². The van der Waals surface area contributed by atoms with Gasteiger partial charge in [0.1, 0.15) is 11.5 Å². The highest BCUT2D eigenvalue weighted by Gasteiger charge is 2.10. The van der Waals surface area contributed by atoms with Crippen LogP contribution < -0.4 is 15.4 Å². The zero-order chi connectivity index (χ0) is 22.9. The highest BCUT2D eigenvalue weighted by Crippen LogP contribution is 2.16. The molecule has 0 aliphatic carbocycles. The van der Waals surface area contributed by atoms with Crippen LogP contribution >= 0.6 is 0 Å². The SMILES string of the molecule is O=C(NCc1ccco1)c1cccc(NC(=O)c2ccc(OCCc3ccccc3)cc2)c1. The van der Waals surface area contributed by atoms with Crippen LogP contribution in [0.5, 0.6) is 5.75 Å². The third-order valence-electron chi connectivity index (χ3n) is 5.00. The molecule has 166 valence electrons. The number of ether oxygens (including phenoxy) is 1. The van der Waals surface area contributed by atoms with Crippen molar-refractivity contribution >= 4 is 17.5 Å². The summed E-state index contributed by atoms with van der Waals surface area (Å²) in [5.41, 5.74) is 2.69. The van der Waals surface area contributed by atoms with Crippen molar-refractivity contribution in [3.05, 3.63) is 120 Å². The van der Waals surface area contributed by atoms with Crippen LogP contribution in [-0.4, -0.2) is 18.4 Å². The Bertz CT molecular complexity index is 1190. The van der Waals surface area contributed by atoms with Crippen molar-refractivity contribution in [3.8, 4) is 5.75 Å². The van der Waals surface area contributed by atoms with Gasteiger partial charge in [-0.05, 0) is 60.2 Å². The zero-order valence-corrected chi connectivity index (χ0v) is 18.0. The van der Waals surface area contributed by atoms with Crippen molar-refractivity contribution in [2.24, 2.45) is 0 Å². The third-order valence-corrected chi connectivity index (χ3v) is 5.00. The predicted octanol–water partition coefficient (Wildman–Crippen LogP) is 5.08. The highest BCUT2D eigenvalue weighted by molar-refractivity contribution is 6.05. The van der Waals surface area contributed by atoms with Gasteiger partial charge in [-0.1, -0.05) is 36.4 Å². The minimum Gasteiger partial charge on any atom is -0.493 e. The summed E-state index contributed by atoms with van der Waals surface area (Å²) in [5, 5.41) is 5.62. The van der Waals surface area contributed by atoms with E-state index in [-0.39, 0.29) is 11.8 Å². The van der Waals surface area contributed by atoms with Gasteiger partial charge in [-0.15, -0.1) is 0 Å². The van der Waals surface area contributed by atoms with Crippen molar-refractivity contribution in [2.75, 3.05) is 11.9 Å². The molecule has 4 aromatic rings. The Morgan fingerprint density at radius 2 is 1.61 bits per heavy atom. The van der Waals surface area contributed by atoms with Crippen molar-refractivity contribution in [2.45, 2.75) is 13.0 Å². The molecular weight excluding hydrogens is 416 g/mol. The summed E-state index contributed by atoms with van der Waals surface area (Å²) in [6.07, 6.45) is 2.37. The average molecular weight is 440 g/mol. The van der Waals surface area contributed by atoms with E-state index >= 15 is 0 Å². The maximum atomic E-state index is 12.6. The first-order valence-corrected chi connectivity index (χ1v) is 10.7. The van der Waals surface area contributed by atoms with Crippen LogP contribution in [0.4, 0.5) is 5.69 Å². The molecule has 1 heterocycles. The van der Waals surface area contributed by atoms with Gasteiger partial charge in [-0.25, -0.2) is 0 Å². The third kappa shape index (κ3) is 6.33. The molecule has 0 aliphatic rings. The second kappa shape index (κ2) is 10.8. The van der Waals surface area contributed by atoms with E-state index in [0.717, 1.165) is 6.42 Å². The topological polar surface area (TPSA) is 80.6 Å². The summed E-state index contributed by atoms with van der Waals surface area (Å²) in [7, 11) is 0. The Kier molecular flexibility index (Phi) is 7.18. The predicted molar refractivity (Wildman–Crippen MR) is 126 cm³/mol. The lowest BCUT2D eigenvalue weighted by atomic mass is 10.1. The molecule has 0 saturated carbocycles. The molecule has 33 heavy (non-hydrogen) atoms. The van der Waals surface area contributed by atoms with Gasteiger partial charge in [0, 0.05) is 23.2 Å². The number of nitrogens with one attached hydrogen (secondary N) is 2. The summed E-state index contributed by atoms with van der Waals surface area (Å²) in [6, 6.07) is 27.4. The van der Waals surface area contributed by atoms with E-state index in [9.17, 15) is 9.59 Å². The van der Waals surface area contributed by atoms with Crippen molar-refractivity contribution in [1.82, 2.24) is 5.32 Å². The normalized spacial score (nSPS) is 10.4.